The number of hydrogen-bond acceptors (Lipinski definition) is 18. The lowest BCUT2D eigenvalue weighted by molar-refractivity contribution is -0.124. The van der Waals surface area contributed by atoms with Crippen molar-refractivity contribution in [2.24, 2.45) is 0 Å². The van der Waals surface area contributed by atoms with Crippen molar-refractivity contribution in [3.63, 3.8) is 0 Å². The number of aromatic hydroxyl groups is 3. The number of rotatable bonds is 22. The number of phenols is 3. The van der Waals surface area contributed by atoms with Gasteiger partial charge in [-0.25, -0.2) is 0 Å². The van der Waals surface area contributed by atoms with Crippen LogP contribution in [0.2, 0.25) is 0 Å². The Balaban J connectivity index is 0.000000159. The topological polar surface area (TPSA) is 218 Å². The molecule has 3 N–H and O–H groups in total. The average Bonchev–Trinajstić information content (AvgIpc) is 1.61. The molecule has 0 bridgehead atoms. The van der Waals surface area contributed by atoms with Crippen molar-refractivity contribution in [3.05, 3.63) is 282 Å². The van der Waals surface area contributed by atoms with Gasteiger partial charge in [-0.2, -0.15) is 0 Å². The van der Waals surface area contributed by atoms with Crippen LogP contribution >= 0.6 is 34.0 Å². The molecule has 18 heteroatoms. The Kier molecular flexibility index (Phi) is 22.4. The molecule has 0 amide bonds. The summed E-state index contributed by atoms with van der Waals surface area (Å²) in [7, 11) is 0. The van der Waals surface area contributed by atoms with E-state index in [1.165, 1.54) is 52.8 Å². The fourth-order valence-corrected chi connectivity index (χ4v) is 14.5. The van der Waals surface area contributed by atoms with Crippen LogP contribution in [0.25, 0.3) is 48.5 Å². The van der Waals surface area contributed by atoms with Crippen LogP contribution in [0.3, 0.4) is 0 Å². The second kappa shape index (κ2) is 31.7. The molecule has 0 saturated carbocycles. The highest BCUT2D eigenvalue weighted by molar-refractivity contribution is 7.22. The van der Waals surface area contributed by atoms with Gasteiger partial charge in [0.25, 0.3) is 19.4 Å². The maximum absolute atomic E-state index is 13.7. The van der Waals surface area contributed by atoms with Gasteiger partial charge < -0.3 is 43.7 Å². The lowest BCUT2D eigenvalue weighted by atomic mass is 9.95. The largest absolute Gasteiger partial charge is 0.508 e. The zero-order valence-corrected chi connectivity index (χ0v) is 56.6. The Bertz CT molecular complexity index is 4810. The molecule has 98 heavy (non-hydrogen) atoms. The third-order valence-corrected chi connectivity index (χ3v) is 18.8. The molecule has 492 valence electrons. The molecule has 3 heterocycles. The first-order valence-corrected chi connectivity index (χ1v) is 33.0. The fraction of sp³-hybridized carbons (Fsp3) is 0.100. The summed E-state index contributed by atoms with van der Waals surface area (Å²) in [5.74, 6) is 3.14. The molecule has 9 aromatic carbocycles. The van der Waals surface area contributed by atoms with Gasteiger partial charge in [-0.05, 0) is 202 Å². The standard InChI is InChI=1S/2C27H22O5S.C26H20O5S/c2*1-16-12-17(2)24(18(3)13-16)25(30)27-26(22-9-6-20(29)14-23(22)33-27)32-21-7-4-19(5-8-21)10-11-31-15-28;1-2-18-5-3-4-6-21(18)24(29)26-25(22-12-9-19(28)15-23(22)32-26)31-20-10-7-17(8-11-20)13-14-30-16-27/h2*4-15,29H,1-3H3;3-16,28H,2H2,1H3/b2*11-10+;14-13+. The third-order valence-electron chi connectivity index (χ3n) is 15.4. The van der Waals surface area contributed by atoms with Gasteiger partial charge in [-0.3, -0.25) is 28.8 Å². The zero-order chi connectivity index (χ0) is 69.6. The van der Waals surface area contributed by atoms with Crippen molar-refractivity contribution < 1.29 is 72.5 Å². The number of aryl methyl sites for hydroxylation is 7. The van der Waals surface area contributed by atoms with E-state index in [9.17, 15) is 44.1 Å². The van der Waals surface area contributed by atoms with E-state index < -0.39 is 0 Å². The van der Waals surface area contributed by atoms with Gasteiger partial charge in [-0.1, -0.05) is 103 Å². The predicted octanol–water partition coefficient (Wildman–Crippen LogP) is 19.7. The zero-order valence-electron chi connectivity index (χ0n) is 54.1. The van der Waals surface area contributed by atoms with Gasteiger partial charge >= 0.3 is 0 Å². The number of hydrogen-bond donors (Lipinski definition) is 3. The summed E-state index contributed by atoms with van der Waals surface area (Å²) in [4.78, 5) is 73.1. The van der Waals surface area contributed by atoms with E-state index in [2.05, 4.69) is 14.2 Å². The van der Waals surface area contributed by atoms with Crippen LogP contribution in [0, 0.1) is 41.5 Å². The Labute approximate surface area is 576 Å². The average molecular weight is 1360 g/mol. The van der Waals surface area contributed by atoms with Crippen LogP contribution in [0.5, 0.6) is 51.7 Å². The smallest absolute Gasteiger partial charge is 0.297 e. The minimum absolute atomic E-state index is 0.105. The van der Waals surface area contributed by atoms with Gasteiger partial charge in [-0.15, -0.1) is 34.0 Å². The number of carbonyl (C=O) groups excluding carboxylic acids is 6. The molecule has 0 aliphatic rings. The summed E-state index contributed by atoms with van der Waals surface area (Å²) in [6.07, 6.45) is 9.58. The Morgan fingerprint density at radius 3 is 1.00 bits per heavy atom. The van der Waals surface area contributed by atoms with Gasteiger partial charge in [0, 0.05) is 46.9 Å². The molecule has 0 saturated heterocycles. The van der Waals surface area contributed by atoms with Gasteiger partial charge in [0.1, 0.15) is 49.1 Å². The Hall–Kier alpha value is -11.7. The molecule has 0 radical (unpaired) electrons. The monoisotopic (exact) mass is 1360 g/mol. The predicted molar refractivity (Wildman–Crippen MR) is 386 cm³/mol. The Morgan fingerprint density at radius 1 is 0.388 bits per heavy atom. The van der Waals surface area contributed by atoms with Gasteiger partial charge in [0.15, 0.2) is 17.2 Å². The van der Waals surface area contributed by atoms with E-state index in [0.29, 0.717) is 85.2 Å². The van der Waals surface area contributed by atoms with Crippen molar-refractivity contribution in [2.75, 3.05) is 0 Å². The summed E-state index contributed by atoms with van der Waals surface area (Å²) >= 11 is 3.91. The molecule has 0 aliphatic carbocycles. The minimum Gasteiger partial charge on any atom is -0.508 e. The molecule has 12 rings (SSSR count). The first kappa shape index (κ1) is 69.1. The van der Waals surface area contributed by atoms with E-state index in [1.54, 1.807) is 109 Å². The number of ketones is 3. The molecule has 0 atom stereocenters. The number of thiophene rings is 3. The van der Waals surface area contributed by atoms with Crippen LogP contribution in [0.1, 0.15) is 108 Å². The molecular formula is C80H64O15S3. The Morgan fingerprint density at radius 2 is 0.694 bits per heavy atom. The SMILES string of the molecule is CCc1ccccc1C(=O)c1sc2cc(O)ccc2c1Oc1ccc(/C=C/OC=O)cc1.Cc1cc(C)c(C(=O)c2sc3cc(O)ccc3c2Oc2ccc(/C=C/OC=O)cc2)c(C)c1.Cc1cc(C)c(C(=O)c2sc3cc(O)ccc3c2Oc2ccc(/C=C/OC=O)cc2)c(C)c1. The summed E-state index contributed by atoms with van der Waals surface area (Å²) in [5.41, 5.74) is 11.3. The summed E-state index contributed by atoms with van der Waals surface area (Å²) in [5, 5.41) is 32.1. The van der Waals surface area contributed by atoms with Crippen molar-refractivity contribution in [1.29, 1.82) is 0 Å². The molecule has 0 fully saturated rings. The van der Waals surface area contributed by atoms with Gasteiger partial charge in [0.05, 0.1) is 18.8 Å². The lowest BCUT2D eigenvalue weighted by Gasteiger charge is -2.12. The number of carbonyl (C=O) groups is 6. The highest BCUT2D eigenvalue weighted by atomic mass is 32.1. The molecular weight excluding hydrogens is 1300 g/mol. The molecule has 15 nitrogen and oxygen atoms in total. The minimum atomic E-state index is -0.108. The van der Waals surface area contributed by atoms with Crippen LogP contribution in [0.15, 0.2) is 195 Å². The lowest BCUT2D eigenvalue weighted by Crippen LogP contribution is -2.06. The highest BCUT2D eigenvalue weighted by Gasteiger charge is 2.28. The highest BCUT2D eigenvalue weighted by Crippen LogP contribution is 2.47. The molecule has 0 unspecified atom stereocenters. The van der Waals surface area contributed by atoms with Crippen LogP contribution in [-0.4, -0.2) is 52.1 Å². The van der Waals surface area contributed by atoms with E-state index in [0.717, 1.165) is 92.3 Å². The van der Waals surface area contributed by atoms with Crippen molar-refractivity contribution in [3.8, 4) is 51.7 Å². The van der Waals surface area contributed by atoms with E-state index in [1.807, 2.05) is 133 Å². The molecule has 12 aromatic rings. The van der Waals surface area contributed by atoms with Crippen molar-refractivity contribution in [2.45, 2.75) is 54.9 Å². The summed E-state index contributed by atoms with van der Waals surface area (Å²) in [6.45, 7) is 14.8. The third kappa shape index (κ3) is 16.3. The molecule has 0 spiro atoms. The second-order valence-electron chi connectivity index (χ2n) is 22.5. The van der Waals surface area contributed by atoms with E-state index >= 15 is 0 Å². The first-order valence-electron chi connectivity index (χ1n) is 30.6. The van der Waals surface area contributed by atoms with Crippen molar-refractivity contribution >= 4 is 119 Å². The first-order chi connectivity index (χ1) is 47.3. The van der Waals surface area contributed by atoms with E-state index in [-0.39, 0.29) is 34.6 Å². The quantitative estimate of drug-likeness (QED) is 0.0249. The number of ether oxygens (including phenoxy) is 6. The number of fused-ring (bicyclic) bond motifs is 3. The number of benzene rings is 9. The fourth-order valence-electron chi connectivity index (χ4n) is 11.2. The number of phenolic OH excluding ortho intramolecular Hbond substituents is 3. The van der Waals surface area contributed by atoms with E-state index in [4.69, 9.17) is 14.2 Å². The van der Waals surface area contributed by atoms with Crippen molar-refractivity contribution in [1.82, 2.24) is 0 Å². The maximum atomic E-state index is 13.7. The normalized spacial score (nSPS) is 11.1. The van der Waals surface area contributed by atoms with Crippen LogP contribution in [-0.2, 0) is 35.0 Å². The van der Waals surface area contributed by atoms with Crippen LogP contribution in [0.4, 0.5) is 0 Å². The summed E-state index contributed by atoms with van der Waals surface area (Å²) < 4.78 is 34.7. The maximum Gasteiger partial charge on any atom is 0.297 e. The second-order valence-corrected chi connectivity index (χ2v) is 25.6. The van der Waals surface area contributed by atoms with Gasteiger partial charge in [0.2, 0.25) is 17.3 Å². The molecule has 3 aromatic heterocycles. The summed E-state index contributed by atoms with van der Waals surface area (Å²) in [6, 6.07) is 52.1. The van der Waals surface area contributed by atoms with Crippen LogP contribution < -0.4 is 14.2 Å². The molecule has 0 aliphatic heterocycles.